The molecular formula is C8H14S. The lowest BCUT2D eigenvalue weighted by Crippen LogP contribution is -1.97. The fraction of sp³-hybridized carbons (Fsp3) is 0.750. The number of hydrogen-bond acceptors (Lipinski definition) is 1. The van der Waals surface area contributed by atoms with E-state index in [9.17, 15) is 0 Å². The van der Waals surface area contributed by atoms with Gasteiger partial charge in [0, 0.05) is 11.7 Å². The average molecular weight is 142 g/mol. The van der Waals surface area contributed by atoms with Crippen molar-refractivity contribution in [1.29, 1.82) is 0 Å². The van der Waals surface area contributed by atoms with Crippen LogP contribution in [0.2, 0.25) is 0 Å². The Morgan fingerprint density at radius 1 is 1.67 bits per heavy atom. The molecule has 0 amide bonds. The third-order valence-corrected chi connectivity index (χ3v) is 2.64. The number of thioether (sulfide) groups is 1. The van der Waals surface area contributed by atoms with E-state index in [1.165, 1.54) is 12.8 Å². The second kappa shape index (κ2) is 6.04. The van der Waals surface area contributed by atoms with E-state index in [4.69, 9.17) is 6.42 Å². The summed E-state index contributed by atoms with van der Waals surface area (Å²) in [5.41, 5.74) is 0. The smallest absolute Gasteiger partial charge is 0.00965 e. The Bertz CT molecular complexity index is 87.2. The predicted molar refractivity (Wildman–Crippen MR) is 45.7 cm³/mol. The standard InChI is InChI=1S/C8H14S/c1-4-6-7-8(5-2)9-3/h1,8H,5-7H2,2-3H3. The van der Waals surface area contributed by atoms with Gasteiger partial charge < -0.3 is 0 Å². The van der Waals surface area contributed by atoms with E-state index in [2.05, 4.69) is 19.1 Å². The Balaban J connectivity index is 3.22. The van der Waals surface area contributed by atoms with Crippen molar-refractivity contribution in [3.8, 4) is 12.3 Å². The summed E-state index contributed by atoms with van der Waals surface area (Å²) in [6, 6.07) is 0. The zero-order valence-electron chi connectivity index (χ0n) is 6.18. The summed E-state index contributed by atoms with van der Waals surface area (Å²) in [5, 5.41) is 0.779. The Hall–Kier alpha value is -0.0900. The van der Waals surface area contributed by atoms with Crippen molar-refractivity contribution in [2.45, 2.75) is 31.4 Å². The first-order valence-corrected chi connectivity index (χ1v) is 4.60. The highest BCUT2D eigenvalue weighted by Crippen LogP contribution is 2.15. The quantitative estimate of drug-likeness (QED) is 0.544. The van der Waals surface area contributed by atoms with E-state index < -0.39 is 0 Å². The molecule has 0 N–H and O–H groups in total. The van der Waals surface area contributed by atoms with Gasteiger partial charge in [-0.1, -0.05) is 6.92 Å². The molecule has 52 valence electrons. The van der Waals surface area contributed by atoms with Crippen LogP contribution in [0.25, 0.3) is 0 Å². The molecule has 0 saturated carbocycles. The largest absolute Gasteiger partial charge is 0.162 e. The molecule has 1 atom stereocenters. The van der Waals surface area contributed by atoms with Gasteiger partial charge in [0.1, 0.15) is 0 Å². The summed E-state index contributed by atoms with van der Waals surface area (Å²) in [5.74, 6) is 2.65. The molecular weight excluding hydrogens is 128 g/mol. The van der Waals surface area contributed by atoms with E-state index in [1.54, 1.807) is 0 Å². The fourth-order valence-corrected chi connectivity index (χ4v) is 1.42. The van der Waals surface area contributed by atoms with Crippen molar-refractivity contribution in [1.82, 2.24) is 0 Å². The summed E-state index contributed by atoms with van der Waals surface area (Å²) in [4.78, 5) is 0. The van der Waals surface area contributed by atoms with Crippen molar-refractivity contribution < 1.29 is 0 Å². The van der Waals surface area contributed by atoms with Crippen LogP contribution in [0, 0.1) is 12.3 Å². The molecule has 0 rings (SSSR count). The van der Waals surface area contributed by atoms with Gasteiger partial charge in [-0.2, -0.15) is 11.8 Å². The van der Waals surface area contributed by atoms with Crippen LogP contribution in [0.15, 0.2) is 0 Å². The van der Waals surface area contributed by atoms with E-state index in [0.717, 1.165) is 11.7 Å². The van der Waals surface area contributed by atoms with Gasteiger partial charge in [-0.3, -0.25) is 0 Å². The van der Waals surface area contributed by atoms with Gasteiger partial charge in [0.25, 0.3) is 0 Å². The zero-order chi connectivity index (χ0) is 7.11. The maximum Gasteiger partial charge on any atom is 0.00965 e. The number of terminal acetylenes is 1. The molecule has 0 aliphatic carbocycles. The molecule has 0 aliphatic heterocycles. The molecule has 0 fully saturated rings. The van der Waals surface area contributed by atoms with Crippen molar-refractivity contribution in [3.63, 3.8) is 0 Å². The highest BCUT2D eigenvalue weighted by Gasteiger charge is 2.00. The molecule has 0 bridgehead atoms. The molecule has 9 heavy (non-hydrogen) atoms. The van der Waals surface area contributed by atoms with Crippen LogP contribution in [0.4, 0.5) is 0 Å². The van der Waals surface area contributed by atoms with Gasteiger partial charge in [0.15, 0.2) is 0 Å². The van der Waals surface area contributed by atoms with Crippen LogP contribution in [0.1, 0.15) is 26.2 Å². The monoisotopic (exact) mass is 142 g/mol. The lowest BCUT2D eigenvalue weighted by atomic mass is 10.2. The molecule has 0 aromatic rings. The topological polar surface area (TPSA) is 0 Å². The molecule has 0 saturated heterocycles. The molecule has 0 radical (unpaired) electrons. The Kier molecular flexibility index (Phi) is 5.98. The van der Waals surface area contributed by atoms with Crippen LogP contribution >= 0.6 is 11.8 Å². The summed E-state index contributed by atoms with van der Waals surface area (Å²) in [7, 11) is 0. The SMILES string of the molecule is C#CCCC(CC)SC. The van der Waals surface area contributed by atoms with Gasteiger partial charge >= 0.3 is 0 Å². The molecule has 1 unspecified atom stereocenters. The third-order valence-electron chi connectivity index (χ3n) is 1.40. The van der Waals surface area contributed by atoms with Crippen LogP contribution < -0.4 is 0 Å². The molecule has 0 aliphatic rings. The summed E-state index contributed by atoms with van der Waals surface area (Å²) in [6.45, 7) is 2.21. The Morgan fingerprint density at radius 2 is 2.33 bits per heavy atom. The van der Waals surface area contributed by atoms with Crippen LogP contribution in [0.5, 0.6) is 0 Å². The first-order valence-electron chi connectivity index (χ1n) is 3.31. The minimum absolute atomic E-state index is 0.779. The van der Waals surface area contributed by atoms with Crippen molar-refractivity contribution in [3.05, 3.63) is 0 Å². The Labute approximate surface area is 62.4 Å². The maximum atomic E-state index is 5.13. The molecule has 1 heteroatoms. The second-order valence-electron chi connectivity index (χ2n) is 2.01. The fourth-order valence-electron chi connectivity index (χ4n) is 0.733. The lowest BCUT2D eigenvalue weighted by molar-refractivity contribution is 0.758. The van der Waals surface area contributed by atoms with E-state index in [-0.39, 0.29) is 0 Å². The minimum Gasteiger partial charge on any atom is -0.162 e. The summed E-state index contributed by atoms with van der Waals surface area (Å²) in [6.07, 6.45) is 10.6. The normalized spacial score (nSPS) is 12.6. The highest BCUT2D eigenvalue weighted by molar-refractivity contribution is 7.99. The molecule has 0 heterocycles. The van der Waals surface area contributed by atoms with Crippen molar-refractivity contribution in [2.24, 2.45) is 0 Å². The lowest BCUT2D eigenvalue weighted by Gasteiger charge is -2.07. The van der Waals surface area contributed by atoms with Gasteiger partial charge in [-0.25, -0.2) is 0 Å². The summed E-state index contributed by atoms with van der Waals surface area (Å²) < 4.78 is 0. The van der Waals surface area contributed by atoms with Gasteiger partial charge in [-0.05, 0) is 19.1 Å². The Morgan fingerprint density at radius 3 is 2.67 bits per heavy atom. The second-order valence-corrected chi connectivity index (χ2v) is 3.15. The summed E-state index contributed by atoms with van der Waals surface area (Å²) >= 11 is 1.91. The minimum atomic E-state index is 0.779. The molecule has 0 aromatic heterocycles. The van der Waals surface area contributed by atoms with Crippen molar-refractivity contribution >= 4 is 11.8 Å². The average Bonchev–Trinajstić information content (AvgIpc) is 1.91. The number of rotatable bonds is 4. The third kappa shape index (κ3) is 4.42. The van der Waals surface area contributed by atoms with Gasteiger partial charge in [0.2, 0.25) is 0 Å². The first kappa shape index (κ1) is 8.91. The van der Waals surface area contributed by atoms with E-state index in [0.29, 0.717) is 0 Å². The van der Waals surface area contributed by atoms with E-state index >= 15 is 0 Å². The number of hydrogen-bond donors (Lipinski definition) is 0. The highest BCUT2D eigenvalue weighted by atomic mass is 32.2. The van der Waals surface area contributed by atoms with E-state index in [1.807, 2.05) is 11.8 Å². The molecule has 0 nitrogen and oxygen atoms in total. The molecule has 0 aromatic carbocycles. The maximum absolute atomic E-state index is 5.13. The van der Waals surface area contributed by atoms with Gasteiger partial charge in [-0.15, -0.1) is 12.3 Å². The van der Waals surface area contributed by atoms with Crippen LogP contribution in [-0.4, -0.2) is 11.5 Å². The van der Waals surface area contributed by atoms with Crippen LogP contribution in [-0.2, 0) is 0 Å². The molecule has 0 spiro atoms. The predicted octanol–water partition coefficient (Wildman–Crippen LogP) is 2.54. The van der Waals surface area contributed by atoms with Gasteiger partial charge in [0.05, 0.1) is 0 Å². The van der Waals surface area contributed by atoms with Crippen molar-refractivity contribution in [2.75, 3.05) is 6.26 Å². The first-order chi connectivity index (χ1) is 4.35. The van der Waals surface area contributed by atoms with Crippen LogP contribution in [0.3, 0.4) is 0 Å². The zero-order valence-corrected chi connectivity index (χ0v) is 7.00.